The van der Waals surface area contributed by atoms with Gasteiger partial charge in [0.05, 0.1) is 24.5 Å². The molecule has 2 aliphatic rings. The lowest BCUT2D eigenvalue weighted by atomic mass is 9.94. The maximum Gasteiger partial charge on any atom is 0.414 e. The largest absolute Gasteiger partial charge is 0.442 e. The van der Waals surface area contributed by atoms with Crippen molar-refractivity contribution < 1.29 is 23.5 Å². The fraction of sp³-hybridized carbons (Fsp3) is 0.571. The van der Waals surface area contributed by atoms with Crippen molar-refractivity contribution in [1.29, 1.82) is 0 Å². The van der Waals surface area contributed by atoms with Gasteiger partial charge in [0.15, 0.2) is 0 Å². The third kappa shape index (κ3) is 5.23. The van der Waals surface area contributed by atoms with Gasteiger partial charge in [-0.2, -0.15) is 0 Å². The second-order valence-electron chi connectivity index (χ2n) is 8.94. The molecule has 0 N–H and O–H groups in total. The molecule has 0 unspecified atom stereocenters. The van der Waals surface area contributed by atoms with Crippen molar-refractivity contribution in [3.05, 3.63) is 24.0 Å². The summed E-state index contributed by atoms with van der Waals surface area (Å²) >= 11 is 3.74. The number of hydrogen-bond donors (Lipinski definition) is 1. The topological polar surface area (TPSA) is 73.4 Å². The van der Waals surface area contributed by atoms with Crippen LogP contribution in [0.5, 0.6) is 0 Å². The van der Waals surface area contributed by atoms with Crippen LogP contribution in [0.1, 0.15) is 20.8 Å². The number of halogens is 1. The van der Waals surface area contributed by atoms with Gasteiger partial charge in [-0.05, 0) is 18.2 Å². The summed E-state index contributed by atoms with van der Waals surface area (Å²) in [4.78, 5) is 42.4. The monoisotopic (exact) mass is 452 g/mol. The number of likely N-dealkylation sites (N-methyl/N-ethyl adjacent to an activating group) is 1. The number of rotatable bonds is 4. The van der Waals surface area contributed by atoms with Gasteiger partial charge in [-0.25, -0.2) is 9.18 Å². The first-order chi connectivity index (χ1) is 14.5. The number of ether oxygens (including phenoxy) is 1. The Bertz CT molecular complexity index is 867. The smallest absolute Gasteiger partial charge is 0.414 e. The molecule has 0 saturated carbocycles. The highest BCUT2D eigenvalue weighted by atomic mass is 32.1. The summed E-state index contributed by atoms with van der Waals surface area (Å²) < 4.78 is 20.2. The lowest BCUT2D eigenvalue weighted by Crippen LogP contribution is -2.51. The van der Waals surface area contributed by atoms with Crippen LogP contribution in [0.4, 0.5) is 25.4 Å². The number of carbonyl (C=O) groups is 3. The SMILES string of the molecule is CN(C[C@@H]1CN(c2ccc(N3CCN(C(=O)C(C)(C)C)CC3)c(F)c2)C(=O)O1)C(=O)S. The number of cyclic esters (lactones) is 1. The van der Waals surface area contributed by atoms with Gasteiger partial charge in [-0.15, -0.1) is 0 Å². The Labute approximate surface area is 187 Å². The molecule has 2 fully saturated rings. The number of anilines is 2. The Balaban J connectivity index is 1.64. The average molecular weight is 453 g/mol. The number of piperazine rings is 1. The van der Waals surface area contributed by atoms with Crippen LogP contribution in [0.25, 0.3) is 0 Å². The van der Waals surface area contributed by atoms with Crippen molar-refractivity contribution in [2.24, 2.45) is 5.41 Å². The lowest BCUT2D eigenvalue weighted by Gasteiger charge is -2.38. The van der Waals surface area contributed by atoms with Crippen LogP contribution in [-0.4, -0.2) is 79.5 Å². The molecule has 2 heterocycles. The third-order valence-electron chi connectivity index (χ3n) is 5.47. The molecule has 2 saturated heterocycles. The maximum absolute atomic E-state index is 14.9. The number of benzene rings is 1. The van der Waals surface area contributed by atoms with Gasteiger partial charge in [0.2, 0.25) is 5.91 Å². The Morgan fingerprint density at radius 2 is 1.87 bits per heavy atom. The van der Waals surface area contributed by atoms with Crippen molar-refractivity contribution in [2.45, 2.75) is 26.9 Å². The normalized spacial score (nSPS) is 19.5. The van der Waals surface area contributed by atoms with Gasteiger partial charge in [0.1, 0.15) is 11.9 Å². The summed E-state index contributed by atoms with van der Waals surface area (Å²) in [5.41, 5.74) is 0.401. The molecule has 8 nitrogen and oxygen atoms in total. The van der Waals surface area contributed by atoms with E-state index >= 15 is 0 Å². The zero-order valence-electron chi connectivity index (χ0n) is 18.3. The molecule has 3 rings (SSSR count). The molecule has 1 atom stereocenters. The van der Waals surface area contributed by atoms with Gasteiger partial charge >= 0.3 is 6.09 Å². The van der Waals surface area contributed by atoms with Crippen LogP contribution in [0.15, 0.2) is 18.2 Å². The standard InChI is InChI=1S/C21H29FN4O4S/c1-21(2,3)18(27)25-9-7-24(8-10-25)17-6-5-14(11-16(17)22)26-13-15(30-19(26)28)12-23(4)20(29)31/h5-6,11,15H,7-10,12-13H2,1-4H3,(H,29,31)/t15-/m1/s1. The van der Waals surface area contributed by atoms with E-state index in [9.17, 15) is 18.8 Å². The predicted octanol–water partition coefficient (Wildman–Crippen LogP) is 2.83. The Morgan fingerprint density at radius 1 is 1.23 bits per heavy atom. The molecule has 3 amide bonds. The minimum Gasteiger partial charge on any atom is -0.442 e. The molecule has 0 spiro atoms. The summed E-state index contributed by atoms with van der Waals surface area (Å²) in [7, 11) is 1.56. The van der Waals surface area contributed by atoms with Gasteiger partial charge < -0.3 is 19.4 Å². The molecule has 1 aromatic carbocycles. The third-order valence-corrected chi connectivity index (χ3v) is 5.81. The van der Waals surface area contributed by atoms with E-state index in [0.29, 0.717) is 37.6 Å². The maximum atomic E-state index is 14.9. The number of carbonyl (C=O) groups excluding carboxylic acids is 3. The Morgan fingerprint density at radius 3 is 2.42 bits per heavy atom. The Hall–Kier alpha value is -2.49. The average Bonchev–Trinajstić information content (AvgIpc) is 3.06. The van der Waals surface area contributed by atoms with E-state index < -0.39 is 28.7 Å². The molecular weight excluding hydrogens is 423 g/mol. The molecule has 31 heavy (non-hydrogen) atoms. The molecule has 0 aromatic heterocycles. The number of nitrogens with zero attached hydrogens (tertiary/aromatic N) is 4. The van der Waals surface area contributed by atoms with Crippen molar-refractivity contribution >= 4 is 41.2 Å². The fourth-order valence-electron chi connectivity index (χ4n) is 3.76. The van der Waals surface area contributed by atoms with Crippen molar-refractivity contribution in [1.82, 2.24) is 9.80 Å². The van der Waals surface area contributed by atoms with Crippen molar-refractivity contribution in [3.8, 4) is 0 Å². The first-order valence-corrected chi connectivity index (χ1v) is 10.7. The molecule has 2 aliphatic heterocycles. The van der Waals surface area contributed by atoms with Crippen LogP contribution in [0, 0.1) is 11.2 Å². The molecule has 0 aliphatic carbocycles. The van der Waals surface area contributed by atoms with E-state index in [1.165, 1.54) is 15.9 Å². The first-order valence-electron chi connectivity index (χ1n) is 10.2. The van der Waals surface area contributed by atoms with E-state index in [0.717, 1.165) is 0 Å². The zero-order chi connectivity index (χ0) is 22.9. The summed E-state index contributed by atoms with van der Waals surface area (Å²) in [6.45, 7) is 8.25. The van der Waals surface area contributed by atoms with Crippen molar-refractivity contribution in [2.75, 3.05) is 56.1 Å². The summed E-state index contributed by atoms with van der Waals surface area (Å²) in [6, 6.07) is 4.65. The highest BCUT2D eigenvalue weighted by molar-refractivity contribution is 7.96. The van der Waals surface area contributed by atoms with E-state index in [1.54, 1.807) is 19.2 Å². The Kier molecular flexibility index (Phi) is 6.68. The molecule has 0 radical (unpaired) electrons. The van der Waals surface area contributed by atoms with E-state index in [1.807, 2.05) is 30.6 Å². The quantitative estimate of drug-likeness (QED) is 0.712. The molecule has 1 aromatic rings. The minimum absolute atomic E-state index is 0.0929. The lowest BCUT2D eigenvalue weighted by molar-refractivity contribution is -0.139. The highest BCUT2D eigenvalue weighted by Crippen LogP contribution is 2.29. The second-order valence-corrected chi connectivity index (χ2v) is 9.33. The van der Waals surface area contributed by atoms with Gasteiger partial charge in [-0.1, -0.05) is 33.4 Å². The summed E-state index contributed by atoms with van der Waals surface area (Å²) in [5, 5.41) is -0.422. The van der Waals surface area contributed by atoms with Crippen LogP contribution in [0.3, 0.4) is 0 Å². The molecule has 0 bridgehead atoms. The number of amides is 3. The van der Waals surface area contributed by atoms with Crippen LogP contribution < -0.4 is 9.80 Å². The van der Waals surface area contributed by atoms with Crippen molar-refractivity contribution in [3.63, 3.8) is 0 Å². The van der Waals surface area contributed by atoms with Gasteiger partial charge in [-0.3, -0.25) is 14.5 Å². The first kappa shape index (κ1) is 23.2. The highest BCUT2D eigenvalue weighted by Gasteiger charge is 2.34. The summed E-state index contributed by atoms with van der Waals surface area (Å²) in [6.07, 6.45) is -1.09. The predicted molar refractivity (Wildman–Crippen MR) is 119 cm³/mol. The fourth-order valence-corrected chi connectivity index (χ4v) is 3.84. The number of hydrogen-bond acceptors (Lipinski definition) is 5. The zero-order valence-corrected chi connectivity index (χ0v) is 19.2. The van der Waals surface area contributed by atoms with E-state index in [2.05, 4.69) is 12.6 Å². The van der Waals surface area contributed by atoms with Crippen LogP contribution in [-0.2, 0) is 9.53 Å². The molecule has 10 heteroatoms. The number of thiol groups is 1. The van der Waals surface area contributed by atoms with E-state index in [4.69, 9.17) is 4.74 Å². The molecule has 170 valence electrons. The minimum atomic E-state index is -0.577. The molecular formula is C21H29FN4O4S. The van der Waals surface area contributed by atoms with E-state index in [-0.39, 0.29) is 19.0 Å². The summed E-state index contributed by atoms with van der Waals surface area (Å²) in [5.74, 6) is -0.345. The van der Waals surface area contributed by atoms with Crippen LogP contribution >= 0.6 is 12.6 Å². The van der Waals surface area contributed by atoms with Crippen LogP contribution in [0.2, 0.25) is 0 Å². The second kappa shape index (κ2) is 8.94. The van der Waals surface area contributed by atoms with Gasteiger partial charge in [0.25, 0.3) is 5.24 Å². The van der Waals surface area contributed by atoms with Gasteiger partial charge in [0, 0.05) is 38.6 Å².